The molecule has 0 aliphatic carbocycles. The molecule has 0 spiro atoms. The Bertz CT molecular complexity index is 413. The number of unbranched alkanes of at least 4 members (excludes halogenated alkanes) is 19. The van der Waals surface area contributed by atoms with Gasteiger partial charge in [-0.15, -0.1) is 0 Å². The summed E-state index contributed by atoms with van der Waals surface area (Å²) >= 11 is 0. The van der Waals surface area contributed by atoms with Crippen LogP contribution in [0.3, 0.4) is 0 Å². The van der Waals surface area contributed by atoms with Gasteiger partial charge in [0.1, 0.15) is 0 Å². The van der Waals surface area contributed by atoms with E-state index in [1.54, 1.807) is 0 Å². The van der Waals surface area contributed by atoms with Crippen LogP contribution in [0.4, 0.5) is 0 Å². The van der Waals surface area contributed by atoms with E-state index in [1.165, 1.54) is 122 Å². The van der Waals surface area contributed by atoms with Gasteiger partial charge in [-0.2, -0.15) is 0 Å². The Morgan fingerprint density at radius 3 is 1.18 bits per heavy atom. The van der Waals surface area contributed by atoms with Crippen LogP contribution in [0.25, 0.3) is 0 Å². The zero-order chi connectivity index (χ0) is 25.7. The van der Waals surface area contributed by atoms with Crippen molar-refractivity contribution in [3.63, 3.8) is 0 Å². The van der Waals surface area contributed by atoms with E-state index in [2.05, 4.69) is 6.58 Å². The van der Waals surface area contributed by atoms with Crippen LogP contribution in [0.2, 0.25) is 0 Å². The lowest BCUT2D eigenvalue weighted by Crippen LogP contribution is -2.10. The maximum absolute atomic E-state index is 9.60. The molecule has 0 amide bonds. The molecular formula is C29H58O5. The molecule has 5 heteroatoms. The van der Waals surface area contributed by atoms with Gasteiger partial charge in [0.25, 0.3) is 0 Å². The normalized spacial score (nSPS) is 11.6. The lowest BCUT2D eigenvalue weighted by Gasteiger charge is -2.09. The fourth-order valence-corrected chi connectivity index (χ4v) is 3.89. The predicted molar refractivity (Wildman–Crippen MR) is 144 cm³/mol. The van der Waals surface area contributed by atoms with Gasteiger partial charge >= 0.3 is 5.97 Å². The van der Waals surface area contributed by atoms with Crippen molar-refractivity contribution in [2.24, 2.45) is 0 Å². The van der Waals surface area contributed by atoms with E-state index >= 15 is 0 Å². The third kappa shape index (κ3) is 33.3. The summed E-state index contributed by atoms with van der Waals surface area (Å²) in [6, 6.07) is 0. The highest BCUT2D eigenvalue weighted by molar-refractivity contribution is 5.84. The third-order valence-corrected chi connectivity index (χ3v) is 6.08. The first-order valence-corrected chi connectivity index (χ1v) is 14.2. The highest BCUT2D eigenvalue weighted by Crippen LogP contribution is 2.15. The predicted octanol–water partition coefficient (Wildman–Crippen LogP) is 8.17. The van der Waals surface area contributed by atoms with Crippen LogP contribution in [0, 0.1) is 0 Å². The number of hydrogen-bond donors (Lipinski definition) is 3. The number of aliphatic hydroxyl groups excluding tert-OH is 2. The Balaban J connectivity index is 0. The zero-order valence-corrected chi connectivity index (χ0v) is 22.7. The van der Waals surface area contributed by atoms with Crippen molar-refractivity contribution in [1.82, 2.24) is 0 Å². The molecule has 0 heterocycles. The maximum atomic E-state index is 9.60. The standard InChI is InChI=1S/C25H52O3.C4H6O2/c1-2-28-25(27)23-21-19-17-15-13-11-9-7-5-3-4-6-8-10-12-14-16-18-20-22-24-26;1-3(2)4(5)6/h25-27H,2-24H2,1H3;1H2,2H3,(H,5,6). The van der Waals surface area contributed by atoms with Crippen molar-refractivity contribution < 1.29 is 24.9 Å². The molecule has 1 atom stereocenters. The maximum Gasteiger partial charge on any atom is 0.330 e. The summed E-state index contributed by atoms with van der Waals surface area (Å²) < 4.78 is 5.13. The number of carboxylic acid groups (broad SMARTS) is 1. The first-order valence-electron chi connectivity index (χ1n) is 14.2. The van der Waals surface area contributed by atoms with Gasteiger partial charge in [-0.1, -0.05) is 122 Å². The molecule has 0 radical (unpaired) electrons. The Labute approximate surface area is 211 Å². The van der Waals surface area contributed by atoms with E-state index in [0.29, 0.717) is 13.2 Å². The van der Waals surface area contributed by atoms with Crippen LogP contribution in [-0.4, -0.2) is 40.8 Å². The minimum absolute atomic E-state index is 0.176. The van der Waals surface area contributed by atoms with Gasteiger partial charge in [0.15, 0.2) is 6.29 Å². The van der Waals surface area contributed by atoms with Crippen molar-refractivity contribution in [3.8, 4) is 0 Å². The second-order valence-corrected chi connectivity index (χ2v) is 9.58. The fraction of sp³-hybridized carbons (Fsp3) is 0.897. The van der Waals surface area contributed by atoms with E-state index in [0.717, 1.165) is 19.3 Å². The summed E-state index contributed by atoms with van der Waals surface area (Å²) in [5, 5.41) is 26.1. The van der Waals surface area contributed by atoms with Gasteiger partial charge in [-0.05, 0) is 33.1 Å². The summed E-state index contributed by atoms with van der Waals surface area (Å²) in [5.41, 5.74) is 0.176. The van der Waals surface area contributed by atoms with Crippen LogP contribution < -0.4 is 0 Å². The summed E-state index contributed by atoms with van der Waals surface area (Å²) in [7, 11) is 0. The number of carboxylic acids is 1. The summed E-state index contributed by atoms with van der Waals surface area (Å²) in [5.74, 6) is -0.935. The number of rotatable bonds is 25. The molecule has 0 aliphatic rings. The second-order valence-electron chi connectivity index (χ2n) is 9.58. The van der Waals surface area contributed by atoms with Gasteiger partial charge in [-0.3, -0.25) is 0 Å². The number of aliphatic carboxylic acids is 1. The van der Waals surface area contributed by atoms with Crippen molar-refractivity contribution in [2.45, 2.75) is 155 Å². The second kappa shape index (κ2) is 30.1. The summed E-state index contributed by atoms with van der Waals surface area (Å²) in [4.78, 5) is 9.60. The van der Waals surface area contributed by atoms with Crippen LogP contribution in [0.5, 0.6) is 0 Å². The SMILES string of the molecule is C=C(C)C(=O)O.CCOC(O)CCCCCCCCCCCCCCCCCCCCCCO. The molecule has 204 valence electrons. The first-order chi connectivity index (χ1) is 16.5. The minimum atomic E-state index is -0.935. The quantitative estimate of drug-likeness (QED) is 0.0688. The molecule has 0 rings (SSSR count). The molecule has 34 heavy (non-hydrogen) atoms. The molecule has 0 aromatic heterocycles. The van der Waals surface area contributed by atoms with Gasteiger partial charge in [0, 0.05) is 18.8 Å². The highest BCUT2D eigenvalue weighted by atomic mass is 16.6. The highest BCUT2D eigenvalue weighted by Gasteiger charge is 2.01. The lowest BCUT2D eigenvalue weighted by molar-refractivity contribution is -0.132. The first kappa shape index (κ1) is 35.3. The molecular weight excluding hydrogens is 428 g/mol. The number of carbonyl (C=O) groups is 1. The molecule has 0 aromatic carbocycles. The average molecular weight is 487 g/mol. The van der Waals surface area contributed by atoms with Crippen LogP contribution in [0.15, 0.2) is 12.2 Å². The molecule has 0 aliphatic heterocycles. The topological polar surface area (TPSA) is 87.0 Å². The Hall–Kier alpha value is -0.910. The number of ether oxygens (including phenoxy) is 1. The van der Waals surface area contributed by atoms with Gasteiger partial charge < -0.3 is 20.1 Å². The lowest BCUT2D eigenvalue weighted by atomic mass is 10.0. The van der Waals surface area contributed by atoms with E-state index in [1.807, 2.05) is 6.92 Å². The molecule has 1 unspecified atom stereocenters. The monoisotopic (exact) mass is 486 g/mol. The molecule has 0 fully saturated rings. The summed E-state index contributed by atoms with van der Waals surface area (Å²) in [6.45, 7) is 7.50. The van der Waals surface area contributed by atoms with E-state index in [-0.39, 0.29) is 5.57 Å². The number of aliphatic hydroxyl groups is 2. The minimum Gasteiger partial charge on any atom is -0.478 e. The molecule has 0 saturated heterocycles. The van der Waals surface area contributed by atoms with E-state index < -0.39 is 12.3 Å². The zero-order valence-electron chi connectivity index (χ0n) is 22.7. The van der Waals surface area contributed by atoms with Crippen LogP contribution >= 0.6 is 0 Å². The Morgan fingerprint density at radius 2 is 0.941 bits per heavy atom. The summed E-state index contributed by atoms with van der Waals surface area (Å²) in [6.07, 6.45) is 27.1. The molecule has 0 saturated carbocycles. The molecule has 0 aromatic rings. The van der Waals surface area contributed by atoms with Crippen LogP contribution in [0.1, 0.15) is 149 Å². The van der Waals surface area contributed by atoms with Gasteiger partial charge in [-0.25, -0.2) is 4.79 Å². The molecule has 0 bridgehead atoms. The fourth-order valence-electron chi connectivity index (χ4n) is 3.89. The van der Waals surface area contributed by atoms with Crippen molar-refractivity contribution in [2.75, 3.05) is 13.2 Å². The average Bonchev–Trinajstić information content (AvgIpc) is 2.80. The Kier molecular flexibility index (Phi) is 31.2. The largest absolute Gasteiger partial charge is 0.478 e. The van der Waals surface area contributed by atoms with Crippen molar-refractivity contribution in [3.05, 3.63) is 12.2 Å². The smallest absolute Gasteiger partial charge is 0.330 e. The van der Waals surface area contributed by atoms with E-state index in [9.17, 15) is 9.90 Å². The van der Waals surface area contributed by atoms with Gasteiger partial charge in [0.2, 0.25) is 0 Å². The van der Waals surface area contributed by atoms with Crippen LogP contribution in [-0.2, 0) is 9.53 Å². The number of hydrogen-bond acceptors (Lipinski definition) is 4. The third-order valence-electron chi connectivity index (χ3n) is 6.08. The van der Waals surface area contributed by atoms with Crippen molar-refractivity contribution in [1.29, 1.82) is 0 Å². The van der Waals surface area contributed by atoms with Crippen molar-refractivity contribution >= 4 is 5.97 Å². The van der Waals surface area contributed by atoms with Gasteiger partial charge in [0.05, 0.1) is 0 Å². The molecule has 5 nitrogen and oxygen atoms in total. The molecule has 3 N–H and O–H groups in total. The van der Waals surface area contributed by atoms with E-state index in [4.69, 9.17) is 14.9 Å². The Morgan fingerprint density at radius 1 is 0.676 bits per heavy atom.